The van der Waals surface area contributed by atoms with E-state index in [2.05, 4.69) is 15.0 Å². The van der Waals surface area contributed by atoms with E-state index in [1.54, 1.807) is 0 Å². The third kappa shape index (κ3) is 3.69. The summed E-state index contributed by atoms with van der Waals surface area (Å²) < 4.78 is 4.58. The van der Waals surface area contributed by atoms with Crippen LogP contribution in [0.3, 0.4) is 0 Å². The molecule has 1 aliphatic rings. The van der Waals surface area contributed by atoms with Crippen LogP contribution in [0.25, 0.3) is 0 Å². The van der Waals surface area contributed by atoms with Gasteiger partial charge in [0.15, 0.2) is 5.13 Å². The third-order valence-electron chi connectivity index (χ3n) is 3.47. The topological polar surface area (TPSA) is 94.3 Å². The molecule has 7 heteroatoms. The molecule has 1 amide bonds. The molecule has 0 spiro atoms. The Morgan fingerprint density at radius 2 is 2.10 bits per heavy atom. The van der Waals surface area contributed by atoms with E-state index >= 15 is 0 Å². The van der Waals surface area contributed by atoms with E-state index in [1.807, 2.05) is 0 Å². The predicted molar refractivity (Wildman–Crippen MR) is 77.5 cm³/mol. The van der Waals surface area contributed by atoms with Crippen LogP contribution in [0, 0.1) is 5.92 Å². The number of hydrogen-bond donors (Lipinski definition) is 2. The van der Waals surface area contributed by atoms with Gasteiger partial charge >= 0.3 is 5.97 Å². The van der Waals surface area contributed by atoms with Gasteiger partial charge < -0.3 is 15.8 Å². The summed E-state index contributed by atoms with van der Waals surface area (Å²) in [7, 11) is 1.32. The lowest BCUT2D eigenvalue weighted by Crippen LogP contribution is -2.24. The molecule has 0 atom stereocenters. The highest BCUT2D eigenvalue weighted by Crippen LogP contribution is 2.29. The Hall–Kier alpha value is -1.63. The van der Waals surface area contributed by atoms with Crippen molar-refractivity contribution in [3.8, 4) is 0 Å². The van der Waals surface area contributed by atoms with Gasteiger partial charge in [-0.1, -0.05) is 30.6 Å². The molecule has 0 saturated heterocycles. The molecule has 1 saturated carbocycles. The number of methoxy groups -OCH3 is 1. The molecule has 3 N–H and O–H groups in total. The molecule has 0 unspecified atom stereocenters. The SMILES string of the molecule is COC(=O)Cc1nc(NC(=O)C2CCCCC2)sc1N. The number of nitrogens with one attached hydrogen (secondary N) is 1. The van der Waals surface area contributed by atoms with Gasteiger partial charge in [0, 0.05) is 5.92 Å². The number of amides is 1. The molecule has 0 aromatic carbocycles. The number of rotatable bonds is 4. The lowest BCUT2D eigenvalue weighted by molar-refractivity contribution is -0.139. The van der Waals surface area contributed by atoms with E-state index in [1.165, 1.54) is 24.9 Å². The van der Waals surface area contributed by atoms with Crippen LogP contribution in [0.5, 0.6) is 0 Å². The van der Waals surface area contributed by atoms with Crippen LogP contribution >= 0.6 is 11.3 Å². The van der Waals surface area contributed by atoms with Gasteiger partial charge in [0.25, 0.3) is 0 Å². The maximum atomic E-state index is 12.1. The zero-order chi connectivity index (χ0) is 14.5. The summed E-state index contributed by atoms with van der Waals surface area (Å²) in [5, 5.41) is 3.70. The molecule has 2 rings (SSSR count). The first-order chi connectivity index (χ1) is 9.60. The van der Waals surface area contributed by atoms with E-state index in [9.17, 15) is 9.59 Å². The van der Waals surface area contributed by atoms with E-state index in [-0.39, 0.29) is 18.2 Å². The van der Waals surface area contributed by atoms with Gasteiger partial charge in [-0.3, -0.25) is 9.59 Å². The van der Waals surface area contributed by atoms with Gasteiger partial charge in [0.05, 0.1) is 19.2 Å². The predicted octanol–water partition coefficient (Wildman–Crippen LogP) is 1.96. The summed E-state index contributed by atoms with van der Waals surface area (Å²) in [6, 6.07) is 0. The van der Waals surface area contributed by atoms with Crippen molar-refractivity contribution in [1.82, 2.24) is 4.98 Å². The number of nitrogens with two attached hydrogens (primary N) is 1. The standard InChI is InChI=1S/C13H19N3O3S/c1-19-10(17)7-9-11(14)20-13(15-9)16-12(18)8-5-3-2-4-6-8/h8H,2-7,14H2,1H3,(H,15,16,18). The van der Waals surface area contributed by atoms with Crippen LogP contribution in [0.2, 0.25) is 0 Å². The van der Waals surface area contributed by atoms with E-state index in [4.69, 9.17) is 5.73 Å². The molecular formula is C13H19N3O3S. The quantitative estimate of drug-likeness (QED) is 0.828. The van der Waals surface area contributed by atoms with Crippen LogP contribution in [0.15, 0.2) is 0 Å². The molecule has 1 fully saturated rings. The first kappa shape index (κ1) is 14.8. The number of carbonyl (C=O) groups is 2. The Labute approximate surface area is 121 Å². The molecule has 0 bridgehead atoms. The Morgan fingerprint density at radius 3 is 2.75 bits per heavy atom. The van der Waals surface area contributed by atoms with Gasteiger partial charge in [-0.25, -0.2) is 4.98 Å². The van der Waals surface area contributed by atoms with Crippen molar-refractivity contribution in [2.75, 3.05) is 18.2 Å². The number of nitrogens with zero attached hydrogens (tertiary/aromatic N) is 1. The highest BCUT2D eigenvalue weighted by Gasteiger charge is 2.22. The lowest BCUT2D eigenvalue weighted by Gasteiger charge is -2.19. The number of thiazole rings is 1. The summed E-state index contributed by atoms with van der Waals surface area (Å²) in [6.45, 7) is 0. The number of anilines is 2. The molecule has 110 valence electrons. The maximum absolute atomic E-state index is 12.1. The number of nitrogen functional groups attached to an aromatic ring is 1. The smallest absolute Gasteiger partial charge is 0.311 e. The molecule has 0 radical (unpaired) electrons. The largest absolute Gasteiger partial charge is 0.469 e. The Balaban J connectivity index is 1.97. The van der Waals surface area contributed by atoms with Crippen LogP contribution in [-0.4, -0.2) is 24.0 Å². The minimum absolute atomic E-state index is 0.00284. The van der Waals surface area contributed by atoms with Crippen molar-refractivity contribution in [1.29, 1.82) is 0 Å². The van der Waals surface area contributed by atoms with E-state index in [0.717, 1.165) is 25.7 Å². The van der Waals surface area contributed by atoms with Crippen LogP contribution in [-0.2, 0) is 20.7 Å². The molecule has 1 aromatic heterocycles. The Morgan fingerprint density at radius 1 is 1.40 bits per heavy atom. The second kappa shape index (κ2) is 6.69. The fourth-order valence-electron chi connectivity index (χ4n) is 2.32. The normalized spacial score (nSPS) is 15.8. The molecular weight excluding hydrogens is 278 g/mol. The van der Waals surface area contributed by atoms with Gasteiger partial charge in [0.1, 0.15) is 5.00 Å². The average molecular weight is 297 g/mol. The van der Waals surface area contributed by atoms with Gasteiger partial charge in [-0.2, -0.15) is 0 Å². The van der Waals surface area contributed by atoms with E-state index < -0.39 is 5.97 Å². The molecule has 20 heavy (non-hydrogen) atoms. The second-order valence-corrected chi connectivity index (χ2v) is 5.94. The van der Waals surface area contributed by atoms with Crippen molar-refractivity contribution in [3.63, 3.8) is 0 Å². The molecule has 1 aliphatic carbocycles. The Bertz CT molecular complexity index is 495. The fourth-order valence-corrected chi connectivity index (χ4v) is 3.08. The van der Waals surface area contributed by atoms with Crippen molar-refractivity contribution in [2.24, 2.45) is 5.92 Å². The van der Waals surface area contributed by atoms with Crippen molar-refractivity contribution in [2.45, 2.75) is 38.5 Å². The average Bonchev–Trinajstić information content (AvgIpc) is 2.79. The highest BCUT2D eigenvalue weighted by molar-refractivity contribution is 7.19. The van der Waals surface area contributed by atoms with E-state index in [0.29, 0.717) is 15.8 Å². The zero-order valence-corrected chi connectivity index (χ0v) is 12.3. The number of aromatic nitrogens is 1. The number of esters is 1. The van der Waals surface area contributed by atoms with Gasteiger partial charge in [0.2, 0.25) is 5.91 Å². The molecule has 1 heterocycles. The minimum Gasteiger partial charge on any atom is -0.469 e. The number of ether oxygens (including phenoxy) is 1. The number of carbonyl (C=O) groups excluding carboxylic acids is 2. The highest BCUT2D eigenvalue weighted by atomic mass is 32.1. The first-order valence-electron chi connectivity index (χ1n) is 6.73. The monoisotopic (exact) mass is 297 g/mol. The summed E-state index contributed by atoms with van der Waals surface area (Å²) in [4.78, 5) is 27.5. The van der Waals surface area contributed by atoms with Crippen LogP contribution < -0.4 is 11.1 Å². The summed E-state index contributed by atoms with van der Waals surface area (Å²) >= 11 is 1.19. The first-order valence-corrected chi connectivity index (χ1v) is 7.54. The van der Waals surface area contributed by atoms with Gasteiger partial charge in [-0.15, -0.1) is 0 Å². The van der Waals surface area contributed by atoms with Crippen molar-refractivity contribution >= 4 is 33.3 Å². The summed E-state index contributed by atoms with van der Waals surface area (Å²) in [5.41, 5.74) is 6.25. The minimum atomic E-state index is -0.396. The maximum Gasteiger partial charge on any atom is 0.311 e. The molecule has 1 aromatic rings. The van der Waals surface area contributed by atoms with Crippen molar-refractivity contribution < 1.29 is 14.3 Å². The number of hydrogen-bond acceptors (Lipinski definition) is 6. The fraction of sp³-hybridized carbons (Fsp3) is 0.615. The summed E-state index contributed by atoms with van der Waals surface area (Å²) in [5.74, 6) is -0.326. The van der Waals surface area contributed by atoms with Crippen molar-refractivity contribution in [3.05, 3.63) is 5.69 Å². The van der Waals surface area contributed by atoms with Crippen LogP contribution in [0.1, 0.15) is 37.8 Å². The van der Waals surface area contributed by atoms with Gasteiger partial charge in [-0.05, 0) is 12.8 Å². The lowest BCUT2D eigenvalue weighted by atomic mass is 9.89. The van der Waals surface area contributed by atoms with Crippen LogP contribution in [0.4, 0.5) is 10.1 Å². The molecule has 6 nitrogen and oxygen atoms in total. The Kier molecular flexibility index (Phi) is 4.94. The second-order valence-electron chi connectivity index (χ2n) is 4.91. The zero-order valence-electron chi connectivity index (χ0n) is 11.5. The summed E-state index contributed by atoms with van der Waals surface area (Å²) in [6.07, 6.45) is 5.30. The third-order valence-corrected chi connectivity index (χ3v) is 4.32. The molecule has 0 aliphatic heterocycles.